The summed E-state index contributed by atoms with van der Waals surface area (Å²) in [6.45, 7) is 11.5. The lowest BCUT2D eigenvalue weighted by Gasteiger charge is -2.39. The molecule has 2 saturated heterocycles. The van der Waals surface area contributed by atoms with Crippen molar-refractivity contribution in [3.05, 3.63) is 0 Å². The third-order valence-electron chi connectivity index (χ3n) is 4.35. The highest BCUT2D eigenvalue weighted by Crippen LogP contribution is 2.21. The number of ether oxygens (including phenoxy) is 2. The van der Waals surface area contributed by atoms with Crippen LogP contribution >= 0.6 is 0 Å². The van der Waals surface area contributed by atoms with Crippen LogP contribution in [0, 0.1) is 5.92 Å². The lowest BCUT2D eigenvalue weighted by atomic mass is 9.94. The Morgan fingerprint density at radius 3 is 2.67 bits per heavy atom. The van der Waals surface area contributed by atoms with Crippen LogP contribution in [0.1, 0.15) is 26.7 Å². The summed E-state index contributed by atoms with van der Waals surface area (Å²) >= 11 is 0. The van der Waals surface area contributed by atoms with Gasteiger partial charge in [0, 0.05) is 58.8 Å². The van der Waals surface area contributed by atoms with Gasteiger partial charge in [-0.15, -0.1) is 0 Å². The minimum absolute atomic E-state index is 0.256. The van der Waals surface area contributed by atoms with E-state index < -0.39 is 5.60 Å². The molecule has 0 aromatic rings. The van der Waals surface area contributed by atoms with Crippen molar-refractivity contribution in [3.63, 3.8) is 0 Å². The number of nitrogens with zero attached hydrogens (tertiary/aromatic N) is 2. The first-order chi connectivity index (χ1) is 9.97. The minimum Gasteiger partial charge on any atom is -0.388 e. The maximum absolute atomic E-state index is 10.6. The summed E-state index contributed by atoms with van der Waals surface area (Å²) in [6.07, 6.45) is 1.73. The summed E-state index contributed by atoms with van der Waals surface area (Å²) in [6, 6.07) is 0. The molecule has 2 aliphatic rings. The summed E-state index contributed by atoms with van der Waals surface area (Å²) in [5.41, 5.74) is -0.584. The molecule has 2 rings (SSSR count). The van der Waals surface area contributed by atoms with Crippen LogP contribution in [0.5, 0.6) is 0 Å². The fourth-order valence-electron chi connectivity index (χ4n) is 3.40. The number of aliphatic hydroxyl groups is 1. The quantitative estimate of drug-likeness (QED) is 0.787. The molecule has 1 atom stereocenters. The first kappa shape index (κ1) is 17.2. The molecule has 0 spiro atoms. The second kappa shape index (κ2) is 7.88. The van der Waals surface area contributed by atoms with Crippen LogP contribution in [0.25, 0.3) is 0 Å². The van der Waals surface area contributed by atoms with Crippen molar-refractivity contribution in [2.45, 2.75) is 38.4 Å². The zero-order chi connectivity index (χ0) is 15.3. The maximum Gasteiger partial charge on any atom is 0.0829 e. The van der Waals surface area contributed by atoms with E-state index in [-0.39, 0.29) is 6.10 Å². The van der Waals surface area contributed by atoms with Crippen LogP contribution in [-0.4, -0.2) is 86.2 Å². The van der Waals surface area contributed by atoms with Crippen LogP contribution in [0.2, 0.25) is 0 Å². The SMILES string of the molecule is CC(C)CN1CCOC(CN(C)CC2(O)CCOCC2)C1. The van der Waals surface area contributed by atoms with E-state index in [0.717, 1.165) is 45.6 Å². The van der Waals surface area contributed by atoms with Crippen LogP contribution in [0.15, 0.2) is 0 Å². The molecule has 0 radical (unpaired) electrons. The van der Waals surface area contributed by atoms with E-state index in [1.807, 2.05) is 0 Å². The zero-order valence-corrected chi connectivity index (χ0v) is 13.9. The lowest BCUT2D eigenvalue weighted by Crippen LogP contribution is -2.51. The van der Waals surface area contributed by atoms with Gasteiger partial charge in [0.2, 0.25) is 0 Å². The molecular weight excluding hydrogens is 268 g/mol. The van der Waals surface area contributed by atoms with Crippen molar-refractivity contribution in [3.8, 4) is 0 Å². The monoisotopic (exact) mass is 300 g/mol. The summed E-state index contributed by atoms with van der Waals surface area (Å²) in [4.78, 5) is 4.71. The molecule has 21 heavy (non-hydrogen) atoms. The van der Waals surface area contributed by atoms with E-state index in [1.54, 1.807) is 0 Å². The molecular formula is C16H32N2O3. The summed E-state index contributed by atoms with van der Waals surface area (Å²) < 4.78 is 11.2. The molecule has 5 heteroatoms. The number of rotatable bonds is 6. The average molecular weight is 300 g/mol. The second-order valence-electron chi connectivity index (χ2n) is 7.18. The van der Waals surface area contributed by atoms with Crippen LogP contribution in [-0.2, 0) is 9.47 Å². The number of hydrogen-bond acceptors (Lipinski definition) is 5. The summed E-state index contributed by atoms with van der Waals surface area (Å²) in [5.74, 6) is 0.699. The van der Waals surface area contributed by atoms with Gasteiger partial charge in [-0.05, 0) is 13.0 Å². The van der Waals surface area contributed by atoms with Crippen molar-refractivity contribution < 1.29 is 14.6 Å². The molecule has 5 nitrogen and oxygen atoms in total. The molecule has 0 amide bonds. The molecule has 1 unspecified atom stereocenters. The molecule has 0 aromatic carbocycles. The largest absolute Gasteiger partial charge is 0.388 e. The Bertz CT molecular complexity index is 306. The molecule has 1 N–H and O–H groups in total. The van der Waals surface area contributed by atoms with Crippen molar-refractivity contribution in [1.82, 2.24) is 9.80 Å². The Labute approximate surface area is 129 Å². The smallest absolute Gasteiger partial charge is 0.0829 e. The van der Waals surface area contributed by atoms with Crippen LogP contribution in [0.4, 0.5) is 0 Å². The molecule has 2 aliphatic heterocycles. The van der Waals surface area contributed by atoms with Crippen LogP contribution < -0.4 is 0 Å². The normalized spacial score (nSPS) is 27.4. The van der Waals surface area contributed by atoms with Gasteiger partial charge in [-0.3, -0.25) is 4.90 Å². The predicted octanol–water partition coefficient (Wildman–Crippen LogP) is 0.817. The Kier molecular flexibility index (Phi) is 6.44. The Balaban J connectivity index is 1.75. The van der Waals surface area contributed by atoms with Gasteiger partial charge in [0.1, 0.15) is 0 Å². The van der Waals surface area contributed by atoms with Crippen molar-refractivity contribution in [2.75, 3.05) is 59.6 Å². The maximum atomic E-state index is 10.6. The number of likely N-dealkylation sites (N-methyl/N-ethyl adjacent to an activating group) is 1. The van der Waals surface area contributed by atoms with Gasteiger partial charge in [-0.1, -0.05) is 13.8 Å². The topological polar surface area (TPSA) is 45.2 Å². The highest BCUT2D eigenvalue weighted by atomic mass is 16.5. The molecule has 0 bridgehead atoms. The molecule has 0 aliphatic carbocycles. The third-order valence-corrected chi connectivity index (χ3v) is 4.35. The minimum atomic E-state index is -0.584. The number of morpholine rings is 1. The van der Waals surface area contributed by atoms with E-state index >= 15 is 0 Å². The van der Waals surface area contributed by atoms with E-state index in [9.17, 15) is 5.11 Å². The van der Waals surface area contributed by atoms with Crippen molar-refractivity contribution in [1.29, 1.82) is 0 Å². The van der Waals surface area contributed by atoms with Crippen LogP contribution in [0.3, 0.4) is 0 Å². The van der Waals surface area contributed by atoms with Gasteiger partial charge in [0.05, 0.1) is 18.3 Å². The highest BCUT2D eigenvalue weighted by molar-refractivity contribution is 4.85. The molecule has 2 heterocycles. The van der Waals surface area contributed by atoms with Gasteiger partial charge in [-0.2, -0.15) is 0 Å². The Morgan fingerprint density at radius 2 is 2.00 bits per heavy atom. The standard InChI is InChI=1S/C16H32N2O3/c1-14(2)10-18-6-9-21-15(12-18)11-17(3)13-16(19)4-7-20-8-5-16/h14-15,19H,4-13H2,1-3H3. The molecule has 2 fully saturated rings. The zero-order valence-electron chi connectivity index (χ0n) is 13.9. The van der Waals surface area contributed by atoms with E-state index in [1.165, 1.54) is 0 Å². The van der Waals surface area contributed by atoms with E-state index in [2.05, 4.69) is 30.7 Å². The summed E-state index contributed by atoms with van der Waals surface area (Å²) in [5, 5.41) is 10.6. The van der Waals surface area contributed by atoms with Gasteiger partial charge < -0.3 is 19.5 Å². The predicted molar refractivity (Wildman–Crippen MR) is 83.5 cm³/mol. The highest BCUT2D eigenvalue weighted by Gasteiger charge is 2.32. The third kappa shape index (κ3) is 5.83. The van der Waals surface area contributed by atoms with Crippen molar-refractivity contribution in [2.24, 2.45) is 5.92 Å². The van der Waals surface area contributed by atoms with E-state index in [0.29, 0.717) is 25.7 Å². The second-order valence-corrected chi connectivity index (χ2v) is 7.18. The van der Waals surface area contributed by atoms with Crippen molar-refractivity contribution >= 4 is 0 Å². The van der Waals surface area contributed by atoms with Gasteiger partial charge in [0.25, 0.3) is 0 Å². The van der Waals surface area contributed by atoms with Gasteiger partial charge >= 0.3 is 0 Å². The van der Waals surface area contributed by atoms with Gasteiger partial charge in [-0.25, -0.2) is 0 Å². The summed E-state index contributed by atoms with van der Waals surface area (Å²) in [7, 11) is 2.08. The molecule has 0 aromatic heterocycles. The Morgan fingerprint density at radius 1 is 1.29 bits per heavy atom. The fourth-order valence-corrected chi connectivity index (χ4v) is 3.40. The van der Waals surface area contributed by atoms with Gasteiger partial charge in [0.15, 0.2) is 0 Å². The first-order valence-electron chi connectivity index (χ1n) is 8.29. The average Bonchev–Trinajstić information content (AvgIpc) is 2.38. The first-order valence-corrected chi connectivity index (χ1v) is 8.29. The molecule has 0 saturated carbocycles. The lowest BCUT2D eigenvalue weighted by molar-refractivity contribution is -0.0889. The number of hydrogen-bond donors (Lipinski definition) is 1. The van der Waals surface area contributed by atoms with E-state index in [4.69, 9.17) is 9.47 Å². The molecule has 124 valence electrons. The Hall–Kier alpha value is -0.200. The fraction of sp³-hybridized carbons (Fsp3) is 1.00.